The molecule has 8 nitrogen and oxygen atoms in total. The molecule has 1 amide bonds. The maximum atomic E-state index is 12.4. The molecule has 1 aromatic carbocycles. The van der Waals surface area contributed by atoms with Crippen molar-refractivity contribution < 1.29 is 14.3 Å². The number of carbonyl (C=O) groups excluding carboxylic acids is 2. The van der Waals surface area contributed by atoms with E-state index in [2.05, 4.69) is 30.3 Å². The van der Waals surface area contributed by atoms with Gasteiger partial charge < -0.3 is 15.4 Å². The average molecular weight is 363 g/mol. The molecule has 0 bridgehead atoms. The quantitative estimate of drug-likeness (QED) is 0.648. The monoisotopic (exact) mass is 363 g/mol. The Labute approximate surface area is 155 Å². The fraction of sp³-hybridized carbons (Fsp3) is 0.105. The fourth-order valence-electron chi connectivity index (χ4n) is 2.28. The molecule has 0 fully saturated rings. The minimum atomic E-state index is -0.478. The molecule has 0 spiro atoms. The highest BCUT2D eigenvalue weighted by atomic mass is 16.5. The van der Waals surface area contributed by atoms with Gasteiger partial charge in [-0.3, -0.25) is 9.78 Å². The highest BCUT2D eigenvalue weighted by molar-refractivity contribution is 6.03. The third-order valence-corrected chi connectivity index (χ3v) is 3.58. The molecular weight excluding hydrogens is 346 g/mol. The summed E-state index contributed by atoms with van der Waals surface area (Å²) in [4.78, 5) is 36.5. The number of esters is 1. The molecule has 2 N–H and O–H groups in total. The zero-order valence-corrected chi connectivity index (χ0v) is 14.5. The number of amides is 1. The Morgan fingerprint density at radius 2 is 1.93 bits per heavy atom. The van der Waals surface area contributed by atoms with Crippen LogP contribution in [0, 0.1) is 0 Å². The van der Waals surface area contributed by atoms with Crippen LogP contribution in [0.5, 0.6) is 0 Å². The van der Waals surface area contributed by atoms with Crippen LogP contribution >= 0.6 is 0 Å². The lowest BCUT2D eigenvalue weighted by molar-refractivity contribution is 0.0600. The van der Waals surface area contributed by atoms with Crippen molar-refractivity contribution in [3.63, 3.8) is 0 Å². The molecule has 2 aromatic heterocycles. The van der Waals surface area contributed by atoms with E-state index >= 15 is 0 Å². The Balaban J connectivity index is 1.67. The van der Waals surface area contributed by atoms with Gasteiger partial charge in [0.05, 0.1) is 24.9 Å². The second-order valence-corrected chi connectivity index (χ2v) is 5.47. The second-order valence-electron chi connectivity index (χ2n) is 5.47. The van der Waals surface area contributed by atoms with Crippen molar-refractivity contribution in [3.05, 3.63) is 77.9 Å². The van der Waals surface area contributed by atoms with Gasteiger partial charge in [0.25, 0.3) is 5.91 Å². The number of hydrogen-bond donors (Lipinski definition) is 2. The first kappa shape index (κ1) is 18.0. The minimum Gasteiger partial charge on any atom is -0.465 e. The van der Waals surface area contributed by atoms with E-state index in [-0.39, 0.29) is 5.69 Å². The standard InChI is InChI=1S/C19H17N5O3/c1-27-18(26)13-5-4-7-14(11-13)23-17(25)16-8-10-21-19(24-16)22-12-15-6-2-3-9-20-15/h2-11H,12H2,1H3,(H,23,25)(H,21,22,24). The molecule has 0 aliphatic carbocycles. The highest BCUT2D eigenvalue weighted by Crippen LogP contribution is 2.13. The summed E-state index contributed by atoms with van der Waals surface area (Å²) >= 11 is 0. The summed E-state index contributed by atoms with van der Waals surface area (Å²) in [6.45, 7) is 0.438. The van der Waals surface area contributed by atoms with Crippen molar-refractivity contribution in [2.45, 2.75) is 6.54 Å². The maximum absolute atomic E-state index is 12.4. The van der Waals surface area contributed by atoms with Gasteiger partial charge in [-0.05, 0) is 36.4 Å². The molecule has 0 aliphatic heterocycles. The van der Waals surface area contributed by atoms with Gasteiger partial charge >= 0.3 is 5.97 Å². The molecule has 0 aliphatic rings. The number of aromatic nitrogens is 3. The van der Waals surface area contributed by atoms with Gasteiger partial charge in [0.15, 0.2) is 0 Å². The molecule has 27 heavy (non-hydrogen) atoms. The first-order valence-electron chi connectivity index (χ1n) is 8.12. The van der Waals surface area contributed by atoms with Gasteiger partial charge in [-0.25, -0.2) is 14.8 Å². The Kier molecular flexibility index (Phi) is 5.68. The van der Waals surface area contributed by atoms with E-state index in [0.29, 0.717) is 23.7 Å². The van der Waals surface area contributed by atoms with Gasteiger partial charge in [-0.2, -0.15) is 0 Å². The van der Waals surface area contributed by atoms with Crippen LogP contribution in [0.25, 0.3) is 0 Å². The molecule has 3 rings (SSSR count). The molecule has 2 heterocycles. The first-order chi connectivity index (χ1) is 13.2. The third-order valence-electron chi connectivity index (χ3n) is 3.58. The smallest absolute Gasteiger partial charge is 0.337 e. The summed E-state index contributed by atoms with van der Waals surface area (Å²) in [6.07, 6.45) is 3.19. The van der Waals surface area contributed by atoms with Crippen LogP contribution < -0.4 is 10.6 Å². The van der Waals surface area contributed by atoms with E-state index in [1.54, 1.807) is 24.4 Å². The molecule has 0 radical (unpaired) electrons. The van der Waals surface area contributed by atoms with Crippen molar-refractivity contribution in [1.82, 2.24) is 15.0 Å². The first-order valence-corrected chi connectivity index (χ1v) is 8.12. The fourth-order valence-corrected chi connectivity index (χ4v) is 2.28. The zero-order valence-electron chi connectivity index (χ0n) is 14.5. The lowest BCUT2D eigenvalue weighted by atomic mass is 10.2. The summed E-state index contributed by atoms with van der Waals surface area (Å²) in [5, 5.41) is 5.73. The zero-order chi connectivity index (χ0) is 19.1. The number of rotatable bonds is 6. The van der Waals surface area contributed by atoms with E-state index in [1.807, 2.05) is 18.2 Å². The number of nitrogens with zero attached hydrogens (tertiary/aromatic N) is 3. The average Bonchev–Trinajstić information content (AvgIpc) is 2.73. The van der Waals surface area contributed by atoms with Crippen LogP contribution in [-0.4, -0.2) is 33.9 Å². The number of anilines is 2. The van der Waals surface area contributed by atoms with Crippen LogP contribution in [0.2, 0.25) is 0 Å². The number of pyridine rings is 1. The van der Waals surface area contributed by atoms with Gasteiger partial charge in [0, 0.05) is 18.1 Å². The van der Waals surface area contributed by atoms with Crippen LogP contribution in [-0.2, 0) is 11.3 Å². The van der Waals surface area contributed by atoms with Gasteiger partial charge in [-0.1, -0.05) is 12.1 Å². The van der Waals surface area contributed by atoms with E-state index in [9.17, 15) is 9.59 Å². The lowest BCUT2D eigenvalue weighted by Crippen LogP contribution is -2.16. The van der Waals surface area contributed by atoms with Crippen molar-refractivity contribution >= 4 is 23.5 Å². The van der Waals surface area contributed by atoms with Gasteiger partial charge in [0.1, 0.15) is 5.69 Å². The SMILES string of the molecule is COC(=O)c1cccc(NC(=O)c2ccnc(NCc3ccccn3)n2)c1. The molecular formula is C19H17N5O3. The summed E-state index contributed by atoms with van der Waals surface area (Å²) in [5.41, 5.74) is 1.83. The van der Waals surface area contributed by atoms with Crippen LogP contribution in [0.1, 0.15) is 26.5 Å². The number of nitrogens with one attached hydrogen (secondary N) is 2. The van der Waals surface area contributed by atoms with E-state index in [1.165, 1.54) is 25.4 Å². The Bertz CT molecular complexity index is 947. The van der Waals surface area contributed by atoms with E-state index in [4.69, 9.17) is 0 Å². The van der Waals surface area contributed by atoms with Gasteiger partial charge in [0.2, 0.25) is 5.95 Å². The summed E-state index contributed by atoms with van der Waals surface area (Å²) in [7, 11) is 1.30. The predicted octanol–water partition coefficient (Wildman–Crippen LogP) is 2.52. The molecule has 3 aromatic rings. The molecule has 136 valence electrons. The summed E-state index contributed by atoms with van der Waals surface area (Å²) in [5.74, 6) is -0.578. The molecule has 0 saturated heterocycles. The molecule has 0 unspecified atom stereocenters. The number of benzene rings is 1. The number of methoxy groups -OCH3 is 1. The highest BCUT2D eigenvalue weighted by Gasteiger charge is 2.11. The molecule has 0 saturated carbocycles. The summed E-state index contributed by atoms with van der Waals surface area (Å²) in [6, 6.07) is 13.6. The normalized spacial score (nSPS) is 10.1. The summed E-state index contributed by atoms with van der Waals surface area (Å²) < 4.78 is 4.67. The van der Waals surface area contributed by atoms with Crippen molar-refractivity contribution in [2.24, 2.45) is 0 Å². The number of ether oxygens (including phenoxy) is 1. The third kappa shape index (κ3) is 4.85. The topological polar surface area (TPSA) is 106 Å². The molecule has 8 heteroatoms. The molecule has 0 atom stereocenters. The van der Waals surface area contributed by atoms with Crippen molar-refractivity contribution in [2.75, 3.05) is 17.7 Å². The Hall–Kier alpha value is -3.81. The Morgan fingerprint density at radius 1 is 1.04 bits per heavy atom. The lowest BCUT2D eigenvalue weighted by Gasteiger charge is -2.08. The van der Waals surface area contributed by atoms with Crippen LogP contribution in [0.4, 0.5) is 11.6 Å². The second kappa shape index (κ2) is 8.52. The predicted molar refractivity (Wildman–Crippen MR) is 99.3 cm³/mol. The van der Waals surface area contributed by atoms with Crippen molar-refractivity contribution in [3.8, 4) is 0 Å². The maximum Gasteiger partial charge on any atom is 0.337 e. The number of hydrogen-bond acceptors (Lipinski definition) is 7. The largest absolute Gasteiger partial charge is 0.465 e. The minimum absolute atomic E-state index is 0.192. The Morgan fingerprint density at radius 3 is 2.70 bits per heavy atom. The van der Waals surface area contributed by atoms with Crippen LogP contribution in [0.15, 0.2) is 60.9 Å². The van der Waals surface area contributed by atoms with Gasteiger partial charge in [-0.15, -0.1) is 0 Å². The van der Waals surface area contributed by atoms with Crippen molar-refractivity contribution in [1.29, 1.82) is 0 Å². The van der Waals surface area contributed by atoms with Crippen LogP contribution in [0.3, 0.4) is 0 Å². The van der Waals surface area contributed by atoms with E-state index in [0.717, 1.165) is 5.69 Å². The van der Waals surface area contributed by atoms with E-state index < -0.39 is 11.9 Å². The number of carbonyl (C=O) groups is 2.